The van der Waals surface area contributed by atoms with Gasteiger partial charge < -0.3 is 15.5 Å². The van der Waals surface area contributed by atoms with Crippen molar-refractivity contribution in [3.05, 3.63) is 0 Å². The summed E-state index contributed by atoms with van der Waals surface area (Å²) in [6.45, 7) is 3.88. The van der Waals surface area contributed by atoms with Crippen molar-refractivity contribution in [1.82, 2.24) is 20.4 Å². The fraction of sp³-hybridized carbons (Fsp3) is 0.938. The second-order valence-electron chi connectivity index (χ2n) is 7.08. The number of alkyl halides is 3. The van der Waals surface area contributed by atoms with Crippen molar-refractivity contribution in [2.75, 3.05) is 47.3 Å². The summed E-state index contributed by atoms with van der Waals surface area (Å²) in [5.74, 6) is -0.455. The average Bonchev–Trinajstić information content (AvgIpc) is 2.54. The molecule has 1 aliphatic heterocycles. The van der Waals surface area contributed by atoms with Crippen LogP contribution in [0.2, 0.25) is 0 Å². The summed E-state index contributed by atoms with van der Waals surface area (Å²) in [5, 5.41) is 6.61. The molecule has 0 bridgehead atoms. The van der Waals surface area contributed by atoms with E-state index in [1.54, 1.807) is 7.05 Å². The van der Waals surface area contributed by atoms with Crippen LogP contribution in [-0.4, -0.2) is 81.3 Å². The molecule has 0 aromatic heterocycles. The highest BCUT2D eigenvalue weighted by molar-refractivity contribution is 5.80. The van der Waals surface area contributed by atoms with Crippen molar-refractivity contribution in [2.45, 2.75) is 43.9 Å². The highest BCUT2D eigenvalue weighted by Crippen LogP contribution is 2.37. The molecule has 1 saturated carbocycles. The summed E-state index contributed by atoms with van der Waals surface area (Å²) < 4.78 is 38.2. The number of aliphatic imine (C=N–C) groups is 1. The van der Waals surface area contributed by atoms with Crippen LogP contribution in [-0.2, 0) is 0 Å². The number of hydrogen-bond acceptors (Lipinski definition) is 3. The lowest BCUT2D eigenvalue weighted by molar-refractivity contribution is -0.182. The molecule has 2 aliphatic rings. The van der Waals surface area contributed by atoms with Gasteiger partial charge in [-0.05, 0) is 39.8 Å². The molecule has 1 aliphatic carbocycles. The van der Waals surface area contributed by atoms with Gasteiger partial charge in [0.25, 0.3) is 0 Å². The minimum atomic E-state index is -4.05. The Morgan fingerprint density at radius 2 is 1.79 bits per heavy atom. The van der Waals surface area contributed by atoms with E-state index in [0.29, 0.717) is 24.8 Å². The predicted molar refractivity (Wildman–Crippen MR) is 90.2 cm³/mol. The fourth-order valence-corrected chi connectivity index (χ4v) is 3.49. The molecule has 1 atom stereocenters. The largest absolute Gasteiger partial charge is 0.391 e. The van der Waals surface area contributed by atoms with E-state index in [9.17, 15) is 13.2 Å². The van der Waals surface area contributed by atoms with Gasteiger partial charge in [0.1, 0.15) is 0 Å². The van der Waals surface area contributed by atoms with Gasteiger partial charge in [0.15, 0.2) is 5.96 Å². The zero-order valence-corrected chi connectivity index (χ0v) is 14.9. The van der Waals surface area contributed by atoms with Crippen LogP contribution in [0.15, 0.2) is 4.99 Å². The van der Waals surface area contributed by atoms with Crippen molar-refractivity contribution in [1.29, 1.82) is 0 Å². The first-order chi connectivity index (χ1) is 11.3. The van der Waals surface area contributed by atoms with Gasteiger partial charge in [-0.3, -0.25) is 9.89 Å². The fourth-order valence-electron chi connectivity index (χ4n) is 3.49. The van der Waals surface area contributed by atoms with E-state index in [-0.39, 0.29) is 18.9 Å². The molecular formula is C16H30F3N5. The Balaban J connectivity index is 1.75. The molecule has 1 heterocycles. The number of piperazine rings is 1. The maximum atomic E-state index is 12.7. The monoisotopic (exact) mass is 349 g/mol. The van der Waals surface area contributed by atoms with Crippen LogP contribution in [0, 0.1) is 5.92 Å². The van der Waals surface area contributed by atoms with Gasteiger partial charge >= 0.3 is 6.18 Å². The molecule has 1 unspecified atom stereocenters. The van der Waals surface area contributed by atoms with Gasteiger partial charge in [-0.2, -0.15) is 13.2 Å². The topological polar surface area (TPSA) is 42.9 Å². The van der Waals surface area contributed by atoms with E-state index in [2.05, 4.69) is 39.5 Å². The predicted octanol–water partition coefficient (Wildman–Crippen LogP) is 1.52. The summed E-state index contributed by atoms with van der Waals surface area (Å²) in [6.07, 6.45) is -2.57. The Kier molecular flexibility index (Phi) is 6.74. The Morgan fingerprint density at radius 3 is 2.38 bits per heavy atom. The Hall–Kier alpha value is -1.02. The van der Waals surface area contributed by atoms with Crippen LogP contribution in [0.25, 0.3) is 0 Å². The molecule has 140 valence electrons. The van der Waals surface area contributed by atoms with Crippen LogP contribution in [0.3, 0.4) is 0 Å². The minimum Gasteiger partial charge on any atom is -0.355 e. The first kappa shape index (κ1) is 19.3. The quantitative estimate of drug-likeness (QED) is 0.599. The SMILES string of the molecule is CN=C(NCC1CN(C)CCN1C)NC1CCC(C(F)(F)F)CC1. The van der Waals surface area contributed by atoms with Crippen molar-refractivity contribution in [2.24, 2.45) is 10.9 Å². The maximum Gasteiger partial charge on any atom is 0.391 e. The third-order valence-electron chi connectivity index (χ3n) is 5.24. The number of halogens is 3. The highest BCUT2D eigenvalue weighted by atomic mass is 19.4. The molecule has 0 aromatic rings. The zero-order valence-electron chi connectivity index (χ0n) is 14.9. The van der Waals surface area contributed by atoms with Gasteiger partial charge in [0.05, 0.1) is 5.92 Å². The number of nitrogens with one attached hydrogen (secondary N) is 2. The van der Waals surface area contributed by atoms with E-state index in [4.69, 9.17) is 0 Å². The van der Waals surface area contributed by atoms with Crippen LogP contribution < -0.4 is 10.6 Å². The average molecular weight is 349 g/mol. The number of likely N-dealkylation sites (N-methyl/N-ethyl adjacent to an activating group) is 2. The van der Waals surface area contributed by atoms with E-state index in [0.717, 1.165) is 26.2 Å². The third-order valence-corrected chi connectivity index (χ3v) is 5.24. The summed E-state index contributed by atoms with van der Waals surface area (Å²) in [5.41, 5.74) is 0. The molecule has 2 fully saturated rings. The Bertz CT molecular complexity index is 418. The number of guanidine groups is 1. The number of hydrogen-bond donors (Lipinski definition) is 2. The lowest BCUT2D eigenvalue weighted by atomic mass is 9.85. The van der Waals surface area contributed by atoms with Gasteiger partial charge in [0.2, 0.25) is 0 Å². The third kappa shape index (κ3) is 5.51. The van der Waals surface area contributed by atoms with Crippen LogP contribution in [0.1, 0.15) is 25.7 Å². The molecule has 0 radical (unpaired) electrons. The summed E-state index contributed by atoms with van der Waals surface area (Å²) in [4.78, 5) is 8.85. The molecular weight excluding hydrogens is 319 g/mol. The van der Waals surface area contributed by atoms with E-state index in [1.807, 2.05) is 0 Å². The Labute approximate surface area is 142 Å². The van der Waals surface area contributed by atoms with Crippen molar-refractivity contribution < 1.29 is 13.2 Å². The maximum absolute atomic E-state index is 12.7. The highest BCUT2D eigenvalue weighted by Gasteiger charge is 2.41. The number of rotatable bonds is 3. The van der Waals surface area contributed by atoms with Crippen molar-refractivity contribution in [3.63, 3.8) is 0 Å². The van der Waals surface area contributed by atoms with Gasteiger partial charge in [-0.1, -0.05) is 0 Å². The van der Waals surface area contributed by atoms with E-state index in [1.165, 1.54) is 0 Å². The first-order valence-electron chi connectivity index (χ1n) is 8.72. The van der Waals surface area contributed by atoms with Crippen LogP contribution in [0.5, 0.6) is 0 Å². The molecule has 1 saturated heterocycles. The molecule has 8 heteroatoms. The normalized spacial score (nSPS) is 31.1. The summed E-state index contributed by atoms with van der Waals surface area (Å²) in [6, 6.07) is 0.477. The molecule has 2 rings (SSSR count). The summed E-state index contributed by atoms with van der Waals surface area (Å²) >= 11 is 0. The Morgan fingerprint density at radius 1 is 1.12 bits per heavy atom. The van der Waals surface area contributed by atoms with Crippen LogP contribution >= 0.6 is 0 Å². The molecule has 0 amide bonds. The smallest absolute Gasteiger partial charge is 0.355 e. The zero-order chi connectivity index (χ0) is 17.7. The molecule has 0 spiro atoms. The van der Waals surface area contributed by atoms with Crippen LogP contribution in [0.4, 0.5) is 13.2 Å². The van der Waals surface area contributed by atoms with Gasteiger partial charge in [0, 0.05) is 45.3 Å². The van der Waals surface area contributed by atoms with Gasteiger partial charge in [-0.15, -0.1) is 0 Å². The second kappa shape index (κ2) is 8.38. The first-order valence-corrected chi connectivity index (χ1v) is 8.72. The minimum absolute atomic E-state index is 0.0709. The second-order valence-corrected chi connectivity index (χ2v) is 7.08. The lowest BCUT2D eigenvalue weighted by Gasteiger charge is -2.38. The standard InChI is InChI=1S/C16H30F3N5/c1-20-15(21-10-14-11-23(2)8-9-24(14)3)22-13-6-4-12(5-7-13)16(17,18)19/h12-14H,4-11H2,1-3H3,(H2,20,21,22). The lowest BCUT2D eigenvalue weighted by Crippen LogP contribution is -2.56. The van der Waals surface area contributed by atoms with Crippen molar-refractivity contribution >= 4 is 5.96 Å². The van der Waals surface area contributed by atoms with E-state index >= 15 is 0 Å². The molecule has 2 N–H and O–H groups in total. The molecule has 5 nitrogen and oxygen atoms in total. The molecule has 0 aromatic carbocycles. The van der Waals surface area contributed by atoms with E-state index < -0.39 is 12.1 Å². The summed E-state index contributed by atoms with van der Waals surface area (Å²) in [7, 11) is 5.94. The van der Waals surface area contributed by atoms with Crippen molar-refractivity contribution in [3.8, 4) is 0 Å². The van der Waals surface area contributed by atoms with Gasteiger partial charge in [-0.25, -0.2) is 0 Å². The number of nitrogens with zero attached hydrogens (tertiary/aromatic N) is 3. The molecule has 24 heavy (non-hydrogen) atoms.